The number of rotatable bonds is 20. The Labute approximate surface area is 292 Å². The highest BCUT2D eigenvalue weighted by Gasteiger charge is 2.19. The van der Waals surface area contributed by atoms with E-state index in [1.165, 1.54) is 6.20 Å². The molecule has 3 aromatic rings. The fourth-order valence-corrected chi connectivity index (χ4v) is 5.16. The number of anilines is 5. The minimum atomic E-state index is -0.226. The second kappa shape index (κ2) is 20.3. The Hall–Kier alpha value is -4.21. The molecule has 266 valence electrons. The highest BCUT2D eigenvalue weighted by Crippen LogP contribution is 2.33. The van der Waals surface area contributed by atoms with Crippen LogP contribution in [0.5, 0.6) is 5.75 Å². The van der Waals surface area contributed by atoms with Crippen LogP contribution in [-0.2, 0) is 19.0 Å². The number of para-hydroxylation sites is 1. The van der Waals surface area contributed by atoms with Crippen molar-refractivity contribution < 1.29 is 28.5 Å². The third-order valence-electron chi connectivity index (χ3n) is 7.75. The number of nitrogens with one attached hydrogen (secondary N) is 4. The maximum Gasteiger partial charge on any atom is 0.253 e. The summed E-state index contributed by atoms with van der Waals surface area (Å²) < 4.78 is 22.5. The molecule has 0 spiro atoms. The molecule has 0 unspecified atom stereocenters. The Morgan fingerprint density at radius 2 is 1.61 bits per heavy atom. The van der Waals surface area contributed by atoms with Gasteiger partial charge in [0.25, 0.3) is 5.91 Å². The van der Waals surface area contributed by atoms with Gasteiger partial charge in [0.2, 0.25) is 11.9 Å². The van der Waals surface area contributed by atoms with Gasteiger partial charge in [-0.1, -0.05) is 30.7 Å². The third-order valence-corrected chi connectivity index (χ3v) is 8.03. The molecule has 14 nitrogen and oxygen atoms in total. The fourth-order valence-electron chi connectivity index (χ4n) is 5.02. The van der Waals surface area contributed by atoms with Crippen molar-refractivity contribution >= 4 is 52.2 Å². The molecule has 1 aromatic heterocycles. The van der Waals surface area contributed by atoms with E-state index in [1.807, 2.05) is 31.2 Å². The predicted molar refractivity (Wildman–Crippen MR) is 191 cm³/mol. The highest BCUT2D eigenvalue weighted by molar-refractivity contribution is 6.33. The number of ether oxygens (including phenoxy) is 4. The van der Waals surface area contributed by atoms with Crippen molar-refractivity contribution in [2.24, 2.45) is 0 Å². The average Bonchev–Trinajstić information content (AvgIpc) is 3.13. The molecule has 0 saturated carbocycles. The first kappa shape index (κ1) is 37.6. The Kier molecular flexibility index (Phi) is 15.6. The molecular formula is C34H47ClN8O6. The first-order valence-electron chi connectivity index (χ1n) is 16.4. The Morgan fingerprint density at radius 1 is 0.898 bits per heavy atom. The van der Waals surface area contributed by atoms with Gasteiger partial charge in [0.05, 0.1) is 69.9 Å². The molecule has 2 heterocycles. The molecule has 4 rings (SSSR count). The van der Waals surface area contributed by atoms with E-state index in [-0.39, 0.29) is 11.8 Å². The zero-order chi connectivity index (χ0) is 34.8. The van der Waals surface area contributed by atoms with Crippen molar-refractivity contribution in [1.29, 1.82) is 0 Å². The van der Waals surface area contributed by atoms with Gasteiger partial charge >= 0.3 is 0 Å². The molecule has 1 aliphatic heterocycles. The Morgan fingerprint density at radius 3 is 2.33 bits per heavy atom. The van der Waals surface area contributed by atoms with Crippen molar-refractivity contribution in [2.45, 2.75) is 13.3 Å². The van der Waals surface area contributed by atoms with Crippen molar-refractivity contribution in [2.75, 3.05) is 109 Å². The van der Waals surface area contributed by atoms with E-state index in [2.05, 4.69) is 41.0 Å². The van der Waals surface area contributed by atoms with Gasteiger partial charge in [-0.2, -0.15) is 4.98 Å². The van der Waals surface area contributed by atoms with Gasteiger partial charge in [-0.05, 0) is 24.3 Å². The number of benzene rings is 2. The van der Waals surface area contributed by atoms with Crippen LogP contribution in [0.25, 0.3) is 0 Å². The molecule has 15 heteroatoms. The van der Waals surface area contributed by atoms with Gasteiger partial charge in [-0.25, -0.2) is 4.98 Å². The lowest BCUT2D eigenvalue weighted by Gasteiger charge is -2.36. The monoisotopic (exact) mass is 698 g/mol. The summed E-state index contributed by atoms with van der Waals surface area (Å²) in [6.07, 6.45) is 1.98. The molecule has 0 atom stereocenters. The molecule has 4 N–H and O–H groups in total. The summed E-state index contributed by atoms with van der Waals surface area (Å²) in [6.45, 7) is 10.00. The number of carbonyl (C=O) groups excluding carboxylic acids is 2. The summed E-state index contributed by atoms with van der Waals surface area (Å²) in [5.74, 6) is 1.13. The lowest BCUT2D eigenvalue weighted by molar-refractivity contribution is -0.121. The number of nitrogens with zero attached hydrogens (tertiary/aromatic N) is 4. The van der Waals surface area contributed by atoms with Gasteiger partial charge in [0.1, 0.15) is 10.8 Å². The van der Waals surface area contributed by atoms with Gasteiger partial charge in [-0.3, -0.25) is 14.5 Å². The largest absolute Gasteiger partial charge is 0.494 e. The number of hydrogen-bond acceptors (Lipinski definition) is 12. The quantitative estimate of drug-likeness (QED) is 0.127. The number of aromatic nitrogens is 2. The molecule has 2 aromatic carbocycles. The SMILES string of the molecule is CCC(=O)NCCOCCOCCOCCN1CCN(c2ccc(Nc3ncc(Cl)c(Nc4ccccc4C(=O)NC)n3)c(OC)c2)CC1. The molecular weight excluding hydrogens is 652 g/mol. The van der Waals surface area contributed by atoms with E-state index in [0.29, 0.717) is 92.1 Å². The standard InChI is InChI=1S/C34H47ClN8O6/c1-4-31(44)37-11-17-47-19-21-49-22-20-48-18-16-42-12-14-43(15-13-42)25-9-10-29(30(23-25)46-3)40-34-38-24-27(35)32(41-34)39-28-8-6-5-7-26(28)33(45)36-2/h5-10,23-24H,4,11-22H2,1-3H3,(H,36,45)(H,37,44)(H2,38,39,40,41). The van der Waals surface area contributed by atoms with Gasteiger partial charge in [0, 0.05) is 64.5 Å². The zero-order valence-electron chi connectivity index (χ0n) is 28.4. The minimum Gasteiger partial charge on any atom is -0.494 e. The molecule has 0 radical (unpaired) electrons. The highest BCUT2D eigenvalue weighted by atomic mass is 35.5. The van der Waals surface area contributed by atoms with Crippen LogP contribution in [0.1, 0.15) is 23.7 Å². The molecule has 1 fully saturated rings. The molecule has 0 bridgehead atoms. The van der Waals surface area contributed by atoms with Gasteiger partial charge in [-0.15, -0.1) is 0 Å². The van der Waals surface area contributed by atoms with Crippen molar-refractivity contribution in [3.63, 3.8) is 0 Å². The third kappa shape index (κ3) is 12.0. The summed E-state index contributed by atoms with van der Waals surface area (Å²) in [5.41, 5.74) is 2.80. The first-order valence-corrected chi connectivity index (χ1v) is 16.8. The lowest BCUT2D eigenvalue weighted by atomic mass is 10.1. The smallest absolute Gasteiger partial charge is 0.253 e. The molecule has 2 amide bonds. The molecule has 1 aliphatic rings. The fraction of sp³-hybridized carbons (Fsp3) is 0.471. The number of piperazine rings is 1. The summed E-state index contributed by atoms with van der Waals surface area (Å²) in [6, 6.07) is 13.1. The Bertz CT molecular complexity index is 1490. The van der Waals surface area contributed by atoms with Crippen molar-refractivity contribution in [3.8, 4) is 5.75 Å². The predicted octanol–water partition coefficient (Wildman–Crippen LogP) is 3.68. The van der Waals surface area contributed by atoms with Crippen LogP contribution >= 0.6 is 11.6 Å². The Balaban J connectivity index is 1.18. The minimum absolute atomic E-state index is 0.0275. The van der Waals surface area contributed by atoms with Gasteiger partial charge in [0.15, 0.2) is 5.82 Å². The van der Waals surface area contributed by atoms with Crippen LogP contribution in [0.2, 0.25) is 5.02 Å². The normalized spacial score (nSPS) is 13.2. The summed E-state index contributed by atoms with van der Waals surface area (Å²) in [5, 5.41) is 12.1. The van der Waals surface area contributed by atoms with Crippen LogP contribution in [0.3, 0.4) is 0 Å². The average molecular weight is 699 g/mol. The second-order valence-electron chi connectivity index (χ2n) is 11.0. The van der Waals surface area contributed by atoms with E-state index >= 15 is 0 Å². The van der Waals surface area contributed by atoms with Gasteiger partial charge < -0.3 is 45.1 Å². The summed E-state index contributed by atoms with van der Waals surface area (Å²) >= 11 is 6.40. The first-order chi connectivity index (χ1) is 23.9. The molecule has 1 saturated heterocycles. The van der Waals surface area contributed by atoms with E-state index < -0.39 is 0 Å². The topological polar surface area (TPSA) is 151 Å². The van der Waals surface area contributed by atoms with E-state index in [9.17, 15) is 9.59 Å². The maximum atomic E-state index is 12.3. The number of methoxy groups -OCH3 is 1. The number of amides is 2. The van der Waals surface area contributed by atoms with Crippen LogP contribution in [-0.4, -0.2) is 120 Å². The second-order valence-corrected chi connectivity index (χ2v) is 11.4. The zero-order valence-corrected chi connectivity index (χ0v) is 29.2. The van der Waals surface area contributed by atoms with E-state index in [0.717, 1.165) is 38.4 Å². The van der Waals surface area contributed by atoms with Crippen molar-refractivity contribution in [3.05, 3.63) is 59.2 Å². The van der Waals surface area contributed by atoms with Crippen LogP contribution < -0.4 is 30.9 Å². The maximum absolute atomic E-state index is 12.3. The van der Waals surface area contributed by atoms with E-state index in [1.54, 1.807) is 32.4 Å². The van der Waals surface area contributed by atoms with Crippen LogP contribution in [0, 0.1) is 0 Å². The van der Waals surface area contributed by atoms with Crippen LogP contribution in [0.4, 0.5) is 28.8 Å². The van der Waals surface area contributed by atoms with Crippen molar-refractivity contribution in [1.82, 2.24) is 25.5 Å². The summed E-state index contributed by atoms with van der Waals surface area (Å²) in [7, 11) is 3.21. The number of carbonyl (C=O) groups is 2. The molecule has 0 aliphatic carbocycles. The van der Waals surface area contributed by atoms with E-state index in [4.69, 9.17) is 30.5 Å². The van der Waals surface area contributed by atoms with Crippen LogP contribution in [0.15, 0.2) is 48.7 Å². The number of halogens is 1. The molecule has 49 heavy (non-hydrogen) atoms. The lowest BCUT2D eigenvalue weighted by Crippen LogP contribution is -2.47. The number of hydrogen-bond donors (Lipinski definition) is 4. The summed E-state index contributed by atoms with van der Waals surface area (Å²) in [4.78, 5) is 37.1.